The molecule has 0 saturated heterocycles. The molecule has 0 bridgehead atoms. The van der Waals surface area contributed by atoms with Crippen LogP contribution >= 0.6 is 23.1 Å². The van der Waals surface area contributed by atoms with Crippen LogP contribution < -0.4 is 5.32 Å². The fraction of sp³-hybridized carbons (Fsp3) is 0.429. The Morgan fingerprint density at radius 1 is 1.37 bits per heavy atom. The first-order chi connectivity index (χ1) is 9.21. The van der Waals surface area contributed by atoms with E-state index in [1.54, 1.807) is 0 Å². The molecule has 1 unspecified atom stereocenters. The van der Waals surface area contributed by atoms with Gasteiger partial charge in [0.15, 0.2) is 0 Å². The maximum Gasteiger partial charge on any atom is 0.203 e. The van der Waals surface area contributed by atoms with E-state index in [2.05, 4.69) is 33.7 Å². The van der Waals surface area contributed by atoms with Crippen molar-refractivity contribution in [1.82, 2.24) is 9.36 Å². The predicted molar refractivity (Wildman–Crippen MR) is 80.0 cm³/mol. The molecule has 1 aliphatic carbocycles. The summed E-state index contributed by atoms with van der Waals surface area (Å²) in [6.45, 7) is 2.09. The number of anilines is 1. The van der Waals surface area contributed by atoms with Gasteiger partial charge in [0.1, 0.15) is 5.82 Å². The van der Waals surface area contributed by atoms with Crippen LogP contribution in [0.4, 0.5) is 5.13 Å². The minimum absolute atomic E-state index is 0.316. The van der Waals surface area contributed by atoms with Crippen LogP contribution in [0.2, 0.25) is 0 Å². The highest BCUT2D eigenvalue weighted by Crippen LogP contribution is 2.40. The first kappa shape index (κ1) is 12.9. The van der Waals surface area contributed by atoms with Gasteiger partial charge in [0.05, 0.1) is 5.54 Å². The van der Waals surface area contributed by atoms with E-state index in [0.717, 1.165) is 16.5 Å². The van der Waals surface area contributed by atoms with Crippen LogP contribution in [0.25, 0.3) is 0 Å². The lowest BCUT2D eigenvalue weighted by atomic mass is 9.94. The number of benzene rings is 1. The molecule has 1 heterocycles. The Labute approximate surface area is 122 Å². The Bertz CT molecular complexity index is 553. The van der Waals surface area contributed by atoms with Crippen LogP contribution in [-0.2, 0) is 5.54 Å². The Kier molecular flexibility index (Phi) is 3.46. The highest BCUT2D eigenvalue weighted by molar-refractivity contribution is 7.09. The molecule has 1 aromatic heterocycles. The van der Waals surface area contributed by atoms with Crippen molar-refractivity contribution >= 4 is 28.3 Å². The number of hydrogen-bond donors (Lipinski definition) is 1. The summed E-state index contributed by atoms with van der Waals surface area (Å²) in [5.41, 5.74) is 0.844. The van der Waals surface area contributed by atoms with E-state index in [1.807, 2.05) is 18.2 Å². The Morgan fingerprint density at radius 2 is 2.11 bits per heavy atom. The van der Waals surface area contributed by atoms with Gasteiger partial charge in [-0.25, -0.2) is 4.98 Å². The average molecular weight is 294 g/mol. The summed E-state index contributed by atoms with van der Waals surface area (Å²) in [6, 6.07) is 10.2. The van der Waals surface area contributed by atoms with Gasteiger partial charge in [-0.1, -0.05) is 30.3 Å². The summed E-state index contributed by atoms with van der Waals surface area (Å²) in [6.07, 6.45) is 2.45. The normalized spacial score (nSPS) is 18.0. The molecular formula is C14H16ClN3S. The van der Waals surface area contributed by atoms with Gasteiger partial charge in [-0.15, -0.1) is 11.6 Å². The summed E-state index contributed by atoms with van der Waals surface area (Å²) >= 11 is 7.59. The second kappa shape index (κ2) is 5.10. The van der Waals surface area contributed by atoms with Crippen molar-refractivity contribution in [2.24, 2.45) is 0 Å². The summed E-state index contributed by atoms with van der Waals surface area (Å²) in [4.78, 5) is 4.57. The lowest BCUT2D eigenvalue weighted by Gasteiger charge is -2.28. The van der Waals surface area contributed by atoms with Gasteiger partial charge in [-0.3, -0.25) is 0 Å². The van der Waals surface area contributed by atoms with Gasteiger partial charge >= 0.3 is 0 Å². The van der Waals surface area contributed by atoms with Crippen LogP contribution in [0.3, 0.4) is 0 Å². The molecule has 2 aromatic rings. The molecule has 5 heteroatoms. The van der Waals surface area contributed by atoms with Gasteiger partial charge in [-0.2, -0.15) is 4.37 Å². The Morgan fingerprint density at radius 3 is 2.74 bits per heavy atom. The van der Waals surface area contributed by atoms with E-state index < -0.39 is 0 Å². The highest BCUT2D eigenvalue weighted by atomic mass is 35.5. The number of alkyl halides is 1. The van der Waals surface area contributed by atoms with E-state index in [-0.39, 0.29) is 5.54 Å². The minimum atomic E-state index is -0.316. The lowest BCUT2D eigenvalue weighted by molar-refractivity contribution is 0.616. The monoisotopic (exact) mass is 293 g/mol. The zero-order valence-corrected chi connectivity index (χ0v) is 12.3. The molecule has 1 atom stereocenters. The van der Waals surface area contributed by atoms with Crippen molar-refractivity contribution in [3.05, 3.63) is 41.7 Å². The van der Waals surface area contributed by atoms with E-state index in [9.17, 15) is 0 Å². The number of aromatic nitrogens is 2. The molecule has 0 spiro atoms. The van der Waals surface area contributed by atoms with E-state index in [0.29, 0.717) is 11.8 Å². The maximum atomic E-state index is 6.17. The number of nitrogens with one attached hydrogen (secondary N) is 1. The first-order valence-electron chi connectivity index (χ1n) is 6.44. The van der Waals surface area contributed by atoms with Crippen molar-refractivity contribution in [2.45, 2.75) is 31.2 Å². The molecule has 1 saturated carbocycles. The molecule has 0 aliphatic heterocycles. The standard InChI is InChI=1S/C14H16ClN3S/c1-14(9-15,11-5-3-2-4-6-11)17-13-16-12(18-19-13)10-7-8-10/h2-6,10H,7-9H2,1H3,(H,16,17,18). The third kappa shape index (κ3) is 2.74. The van der Waals surface area contributed by atoms with E-state index in [1.165, 1.54) is 24.4 Å². The van der Waals surface area contributed by atoms with Crippen molar-refractivity contribution in [3.63, 3.8) is 0 Å². The van der Waals surface area contributed by atoms with Gasteiger partial charge in [0.2, 0.25) is 5.13 Å². The molecule has 1 aliphatic rings. The van der Waals surface area contributed by atoms with Crippen molar-refractivity contribution in [1.29, 1.82) is 0 Å². The fourth-order valence-electron chi connectivity index (χ4n) is 2.02. The van der Waals surface area contributed by atoms with Gasteiger partial charge in [0.25, 0.3) is 0 Å². The van der Waals surface area contributed by atoms with E-state index in [4.69, 9.17) is 11.6 Å². The van der Waals surface area contributed by atoms with Gasteiger partial charge < -0.3 is 5.32 Å². The summed E-state index contributed by atoms with van der Waals surface area (Å²) in [5, 5.41) is 4.29. The third-order valence-electron chi connectivity index (χ3n) is 3.45. The van der Waals surface area contributed by atoms with Crippen molar-refractivity contribution in [2.75, 3.05) is 11.2 Å². The van der Waals surface area contributed by atoms with Gasteiger partial charge in [0, 0.05) is 23.3 Å². The number of halogens is 1. The largest absolute Gasteiger partial charge is 0.350 e. The molecule has 0 amide bonds. The smallest absolute Gasteiger partial charge is 0.203 e. The molecule has 0 radical (unpaired) electrons. The number of nitrogens with zero attached hydrogens (tertiary/aromatic N) is 2. The molecule has 1 N–H and O–H groups in total. The minimum Gasteiger partial charge on any atom is -0.350 e. The number of rotatable bonds is 5. The SMILES string of the molecule is CC(CCl)(Nc1nc(C2CC2)ns1)c1ccccc1. The second-order valence-electron chi connectivity index (χ2n) is 5.19. The molecule has 100 valence electrons. The molecular weight excluding hydrogens is 278 g/mol. The molecule has 1 fully saturated rings. The maximum absolute atomic E-state index is 6.17. The van der Waals surface area contributed by atoms with Crippen molar-refractivity contribution < 1.29 is 0 Å². The van der Waals surface area contributed by atoms with Crippen LogP contribution in [-0.4, -0.2) is 15.2 Å². The average Bonchev–Trinajstić information content (AvgIpc) is 3.21. The van der Waals surface area contributed by atoms with Crippen LogP contribution in [0, 0.1) is 0 Å². The molecule has 3 nitrogen and oxygen atoms in total. The zero-order chi connectivity index (χ0) is 13.3. The predicted octanol–water partition coefficient (Wildman–Crippen LogP) is 3.98. The summed E-state index contributed by atoms with van der Waals surface area (Å²) in [7, 11) is 0. The molecule has 1 aromatic carbocycles. The highest BCUT2D eigenvalue weighted by Gasteiger charge is 2.30. The fourth-order valence-corrected chi connectivity index (χ4v) is 3.01. The lowest BCUT2D eigenvalue weighted by Crippen LogP contribution is -2.33. The van der Waals surface area contributed by atoms with E-state index >= 15 is 0 Å². The van der Waals surface area contributed by atoms with Gasteiger partial charge in [-0.05, 0) is 25.3 Å². The van der Waals surface area contributed by atoms with Crippen molar-refractivity contribution in [3.8, 4) is 0 Å². The Hall–Kier alpha value is -1.13. The first-order valence-corrected chi connectivity index (χ1v) is 7.75. The molecule has 19 heavy (non-hydrogen) atoms. The topological polar surface area (TPSA) is 37.8 Å². The number of hydrogen-bond acceptors (Lipinski definition) is 4. The van der Waals surface area contributed by atoms with Crippen LogP contribution in [0.5, 0.6) is 0 Å². The quantitative estimate of drug-likeness (QED) is 0.847. The zero-order valence-electron chi connectivity index (χ0n) is 10.8. The van der Waals surface area contributed by atoms with Crippen LogP contribution in [0.15, 0.2) is 30.3 Å². The summed E-state index contributed by atoms with van der Waals surface area (Å²) in [5.74, 6) is 2.05. The molecule has 3 rings (SSSR count). The Balaban J connectivity index is 1.81. The third-order valence-corrected chi connectivity index (χ3v) is 4.62. The second-order valence-corrected chi connectivity index (χ2v) is 6.21. The summed E-state index contributed by atoms with van der Waals surface area (Å²) < 4.78 is 4.42. The van der Waals surface area contributed by atoms with Crippen LogP contribution in [0.1, 0.15) is 37.1 Å².